The third-order valence-corrected chi connectivity index (χ3v) is 1.31. The molecule has 1 rings (SSSR count). The van der Waals surface area contributed by atoms with Crippen LogP contribution in [-0.4, -0.2) is 6.29 Å². The molecule has 0 radical (unpaired) electrons. The van der Waals surface area contributed by atoms with Gasteiger partial charge in [0.15, 0.2) is 6.29 Å². The van der Waals surface area contributed by atoms with Crippen molar-refractivity contribution in [2.45, 2.75) is 6.92 Å². The normalized spacial score (nSPS) is 10.8. The van der Waals surface area contributed by atoms with E-state index in [1.165, 1.54) is 6.08 Å². The fourth-order valence-electron chi connectivity index (χ4n) is 0.777. The SMILES string of the molecule is Cc1ccc(/C=C(\C#N)C=O)o1. The third kappa shape index (κ3) is 1.83. The molecule has 0 amide bonds. The van der Waals surface area contributed by atoms with Gasteiger partial charge in [-0.3, -0.25) is 4.79 Å². The summed E-state index contributed by atoms with van der Waals surface area (Å²) in [5.41, 5.74) is 0.0596. The Labute approximate surface area is 69.9 Å². The van der Waals surface area contributed by atoms with Crippen LogP contribution in [0.2, 0.25) is 0 Å². The van der Waals surface area contributed by atoms with Crippen LogP contribution in [0.15, 0.2) is 22.1 Å². The number of hydrogen-bond acceptors (Lipinski definition) is 3. The number of allylic oxidation sites excluding steroid dienone is 1. The Morgan fingerprint density at radius 2 is 2.42 bits per heavy atom. The van der Waals surface area contributed by atoms with E-state index in [1.807, 2.05) is 0 Å². The van der Waals surface area contributed by atoms with Crippen LogP contribution in [0.4, 0.5) is 0 Å². The van der Waals surface area contributed by atoms with Gasteiger partial charge in [0.25, 0.3) is 0 Å². The fourth-order valence-corrected chi connectivity index (χ4v) is 0.777. The molecule has 0 aromatic carbocycles. The number of aryl methyl sites for hydroxylation is 1. The number of hydrogen-bond donors (Lipinski definition) is 0. The van der Waals surface area contributed by atoms with Gasteiger partial charge in [-0.05, 0) is 19.1 Å². The van der Waals surface area contributed by atoms with Crippen molar-refractivity contribution in [1.29, 1.82) is 5.26 Å². The molecule has 0 aliphatic carbocycles. The molecule has 0 aliphatic rings. The highest BCUT2D eigenvalue weighted by Gasteiger charge is 1.96. The minimum atomic E-state index is 0.0596. The number of rotatable bonds is 2. The van der Waals surface area contributed by atoms with E-state index in [0.717, 1.165) is 5.76 Å². The number of carbonyl (C=O) groups excluding carboxylic acids is 1. The molecule has 0 bridgehead atoms. The lowest BCUT2D eigenvalue weighted by molar-refractivity contribution is -0.104. The Balaban J connectivity index is 2.95. The standard InChI is InChI=1S/C9H7NO2/c1-7-2-3-9(12-7)4-8(5-10)6-11/h2-4,6H,1H3/b8-4+. The van der Waals surface area contributed by atoms with Crippen molar-refractivity contribution in [3.05, 3.63) is 29.2 Å². The van der Waals surface area contributed by atoms with E-state index in [2.05, 4.69) is 0 Å². The number of aldehydes is 1. The van der Waals surface area contributed by atoms with Gasteiger partial charge in [-0.2, -0.15) is 5.26 Å². The average molecular weight is 161 g/mol. The molecule has 3 heteroatoms. The smallest absolute Gasteiger partial charge is 0.160 e. The molecule has 1 aromatic heterocycles. The molecule has 0 saturated carbocycles. The van der Waals surface area contributed by atoms with Gasteiger partial charge < -0.3 is 4.42 Å². The molecule has 3 nitrogen and oxygen atoms in total. The molecule has 1 heterocycles. The lowest BCUT2D eigenvalue weighted by Crippen LogP contribution is -1.77. The maximum Gasteiger partial charge on any atom is 0.160 e. The first kappa shape index (κ1) is 8.28. The predicted molar refractivity (Wildman–Crippen MR) is 43.1 cm³/mol. The molecular weight excluding hydrogens is 154 g/mol. The van der Waals surface area contributed by atoms with Crippen molar-refractivity contribution < 1.29 is 9.21 Å². The van der Waals surface area contributed by atoms with Crippen LogP contribution in [0, 0.1) is 18.3 Å². The summed E-state index contributed by atoms with van der Waals surface area (Å²) in [7, 11) is 0. The molecule has 0 spiro atoms. The second-order valence-electron chi connectivity index (χ2n) is 2.28. The van der Waals surface area contributed by atoms with Crippen molar-refractivity contribution in [2.75, 3.05) is 0 Å². The van der Waals surface area contributed by atoms with Crippen LogP contribution in [0.3, 0.4) is 0 Å². The number of furan rings is 1. The van der Waals surface area contributed by atoms with Crippen LogP contribution < -0.4 is 0 Å². The monoisotopic (exact) mass is 161 g/mol. The maximum absolute atomic E-state index is 10.2. The highest BCUT2D eigenvalue weighted by atomic mass is 16.3. The quantitative estimate of drug-likeness (QED) is 0.377. The van der Waals surface area contributed by atoms with Crippen molar-refractivity contribution in [3.8, 4) is 6.07 Å². The summed E-state index contributed by atoms with van der Waals surface area (Å²) in [6.07, 6.45) is 1.90. The van der Waals surface area contributed by atoms with Crippen molar-refractivity contribution in [1.82, 2.24) is 0 Å². The molecule has 0 atom stereocenters. The molecule has 0 fully saturated rings. The van der Waals surface area contributed by atoms with Gasteiger partial charge in [-0.25, -0.2) is 0 Å². The zero-order valence-corrected chi connectivity index (χ0v) is 6.57. The molecule has 0 saturated heterocycles. The average Bonchev–Trinajstić information content (AvgIpc) is 2.47. The third-order valence-electron chi connectivity index (χ3n) is 1.31. The summed E-state index contributed by atoms with van der Waals surface area (Å²) in [5, 5.41) is 8.40. The molecule has 0 aliphatic heterocycles. The first-order chi connectivity index (χ1) is 5.76. The summed E-state index contributed by atoms with van der Waals surface area (Å²) in [5.74, 6) is 1.28. The van der Waals surface area contributed by atoms with Gasteiger partial charge in [0.1, 0.15) is 17.6 Å². The first-order valence-electron chi connectivity index (χ1n) is 3.39. The molecule has 0 N–H and O–H groups in total. The second-order valence-corrected chi connectivity index (χ2v) is 2.28. The van der Waals surface area contributed by atoms with E-state index >= 15 is 0 Å². The zero-order chi connectivity index (χ0) is 8.97. The van der Waals surface area contributed by atoms with Crippen LogP contribution >= 0.6 is 0 Å². The van der Waals surface area contributed by atoms with Crippen LogP contribution in [0.25, 0.3) is 6.08 Å². The van der Waals surface area contributed by atoms with E-state index in [9.17, 15) is 4.79 Å². The van der Waals surface area contributed by atoms with Gasteiger partial charge in [-0.15, -0.1) is 0 Å². The van der Waals surface area contributed by atoms with E-state index in [0.29, 0.717) is 12.0 Å². The number of nitriles is 1. The number of nitrogens with zero attached hydrogens (tertiary/aromatic N) is 1. The molecule has 0 unspecified atom stereocenters. The van der Waals surface area contributed by atoms with Gasteiger partial charge in [0.05, 0.1) is 5.57 Å². The minimum absolute atomic E-state index is 0.0596. The topological polar surface area (TPSA) is 54.0 Å². The fraction of sp³-hybridized carbons (Fsp3) is 0.111. The van der Waals surface area contributed by atoms with E-state index in [-0.39, 0.29) is 5.57 Å². The summed E-state index contributed by atoms with van der Waals surface area (Å²) < 4.78 is 5.13. The summed E-state index contributed by atoms with van der Waals surface area (Å²) in [6, 6.07) is 5.22. The van der Waals surface area contributed by atoms with Gasteiger partial charge in [0.2, 0.25) is 0 Å². The largest absolute Gasteiger partial charge is 0.462 e. The zero-order valence-electron chi connectivity index (χ0n) is 6.57. The minimum Gasteiger partial charge on any atom is -0.462 e. The molecule has 12 heavy (non-hydrogen) atoms. The van der Waals surface area contributed by atoms with Crippen molar-refractivity contribution >= 4 is 12.4 Å². The van der Waals surface area contributed by atoms with Crippen molar-refractivity contribution in [2.24, 2.45) is 0 Å². The lowest BCUT2D eigenvalue weighted by atomic mass is 10.3. The Bertz CT molecular complexity index is 355. The van der Waals surface area contributed by atoms with E-state index in [4.69, 9.17) is 9.68 Å². The number of carbonyl (C=O) groups is 1. The Morgan fingerprint density at radius 3 is 2.83 bits per heavy atom. The van der Waals surface area contributed by atoms with E-state index < -0.39 is 0 Å². The van der Waals surface area contributed by atoms with Gasteiger partial charge >= 0.3 is 0 Å². The highest BCUT2D eigenvalue weighted by Crippen LogP contribution is 2.09. The lowest BCUT2D eigenvalue weighted by Gasteiger charge is -1.84. The van der Waals surface area contributed by atoms with Crippen molar-refractivity contribution in [3.63, 3.8) is 0 Å². The van der Waals surface area contributed by atoms with Crippen LogP contribution in [-0.2, 0) is 4.79 Å². The highest BCUT2D eigenvalue weighted by molar-refractivity contribution is 5.86. The summed E-state index contributed by atoms with van der Waals surface area (Å²) in [6.45, 7) is 1.80. The van der Waals surface area contributed by atoms with Crippen LogP contribution in [0.5, 0.6) is 0 Å². The Kier molecular flexibility index (Phi) is 2.44. The first-order valence-corrected chi connectivity index (χ1v) is 3.39. The maximum atomic E-state index is 10.2. The Hall–Kier alpha value is -1.82. The summed E-state index contributed by atoms with van der Waals surface area (Å²) in [4.78, 5) is 10.2. The predicted octanol–water partition coefficient (Wildman–Crippen LogP) is 1.69. The molecular formula is C9H7NO2. The van der Waals surface area contributed by atoms with Gasteiger partial charge in [-0.1, -0.05) is 0 Å². The molecule has 1 aromatic rings. The van der Waals surface area contributed by atoms with Gasteiger partial charge in [0, 0.05) is 6.08 Å². The van der Waals surface area contributed by atoms with E-state index in [1.54, 1.807) is 25.1 Å². The second kappa shape index (κ2) is 3.54. The Morgan fingerprint density at radius 1 is 1.67 bits per heavy atom. The molecule has 60 valence electrons. The van der Waals surface area contributed by atoms with Crippen LogP contribution in [0.1, 0.15) is 11.5 Å². The summed E-state index contributed by atoms with van der Waals surface area (Å²) >= 11 is 0.